The van der Waals surface area contributed by atoms with Crippen LogP contribution in [0.2, 0.25) is 5.02 Å². The lowest BCUT2D eigenvalue weighted by molar-refractivity contribution is -0.140. The summed E-state index contributed by atoms with van der Waals surface area (Å²) < 4.78 is 51.6. The second-order valence-electron chi connectivity index (χ2n) is 4.23. The van der Waals surface area contributed by atoms with Gasteiger partial charge in [0.25, 0.3) is 0 Å². The molecule has 1 unspecified atom stereocenters. The third-order valence-corrected chi connectivity index (χ3v) is 3.23. The number of benzene rings is 1. The van der Waals surface area contributed by atoms with Crippen molar-refractivity contribution in [1.82, 2.24) is 10.4 Å². The fraction of sp³-hybridized carbons (Fsp3) is 0.154. The maximum atomic E-state index is 13.3. The van der Waals surface area contributed by atoms with E-state index < -0.39 is 23.6 Å². The third-order valence-electron chi connectivity index (χ3n) is 2.91. The molecule has 8 heteroatoms. The third kappa shape index (κ3) is 3.31. The number of nitrogens with one attached hydrogen (secondary N) is 1. The molecular weight excluding hydrogens is 310 g/mol. The molecule has 1 heterocycles. The highest BCUT2D eigenvalue weighted by Crippen LogP contribution is 2.35. The lowest BCUT2D eigenvalue weighted by Crippen LogP contribution is -2.29. The maximum absolute atomic E-state index is 13.3. The van der Waals surface area contributed by atoms with E-state index in [4.69, 9.17) is 17.4 Å². The van der Waals surface area contributed by atoms with Crippen molar-refractivity contribution in [2.75, 3.05) is 0 Å². The quantitative estimate of drug-likeness (QED) is 0.517. The van der Waals surface area contributed by atoms with Crippen molar-refractivity contribution >= 4 is 11.6 Å². The van der Waals surface area contributed by atoms with Crippen molar-refractivity contribution in [2.24, 2.45) is 5.84 Å². The van der Waals surface area contributed by atoms with Crippen LogP contribution in [0.3, 0.4) is 0 Å². The minimum Gasteiger partial charge on any atom is -0.271 e. The fourth-order valence-corrected chi connectivity index (χ4v) is 2.15. The van der Waals surface area contributed by atoms with Gasteiger partial charge < -0.3 is 0 Å². The molecule has 1 aromatic heterocycles. The molecule has 0 radical (unpaired) electrons. The van der Waals surface area contributed by atoms with E-state index in [1.54, 1.807) is 0 Å². The van der Waals surface area contributed by atoms with Gasteiger partial charge in [0, 0.05) is 12.4 Å². The largest absolute Gasteiger partial charge is 0.419 e. The van der Waals surface area contributed by atoms with Gasteiger partial charge in [0.1, 0.15) is 5.82 Å². The van der Waals surface area contributed by atoms with E-state index in [9.17, 15) is 17.6 Å². The van der Waals surface area contributed by atoms with Crippen molar-refractivity contribution in [3.8, 4) is 0 Å². The first-order valence-corrected chi connectivity index (χ1v) is 6.14. The van der Waals surface area contributed by atoms with Gasteiger partial charge in [0.2, 0.25) is 0 Å². The molecule has 0 saturated carbocycles. The van der Waals surface area contributed by atoms with Crippen LogP contribution in [-0.4, -0.2) is 4.98 Å². The summed E-state index contributed by atoms with van der Waals surface area (Å²) in [6.45, 7) is 0. The predicted octanol–water partition coefficient (Wildman–Crippen LogP) is 3.45. The van der Waals surface area contributed by atoms with E-state index >= 15 is 0 Å². The topological polar surface area (TPSA) is 50.9 Å². The standard InChI is InChI=1S/C13H10ClF4N3/c14-10-6-20-4-3-8(10)12(21-19)7-1-2-11(15)9(5-7)13(16,17)18/h1-6,12,21H,19H2. The van der Waals surface area contributed by atoms with Crippen LogP contribution in [0, 0.1) is 5.82 Å². The molecule has 2 rings (SSSR count). The highest BCUT2D eigenvalue weighted by molar-refractivity contribution is 6.31. The molecule has 2 aromatic rings. The Bertz CT molecular complexity index is 646. The molecule has 0 bridgehead atoms. The van der Waals surface area contributed by atoms with Crippen LogP contribution in [0.15, 0.2) is 36.7 Å². The van der Waals surface area contributed by atoms with Crippen LogP contribution >= 0.6 is 11.6 Å². The van der Waals surface area contributed by atoms with Gasteiger partial charge in [-0.3, -0.25) is 10.8 Å². The Labute approximate surface area is 122 Å². The van der Waals surface area contributed by atoms with Gasteiger partial charge in [-0.15, -0.1) is 0 Å². The molecule has 1 aromatic carbocycles. The monoisotopic (exact) mass is 319 g/mol. The van der Waals surface area contributed by atoms with Crippen LogP contribution in [0.25, 0.3) is 0 Å². The molecule has 0 aliphatic carbocycles. The number of halogens is 5. The lowest BCUT2D eigenvalue weighted by Gasteiger charge is -2.19. The number of hydrogen-bond donors (Lipinski definition) is 2. The van der Waals surface area contributed by atoms with Gasteiger partial charge in [-0.25, -0.2) is 9.82 Å². The zero-order valence-corrected chi connectivity index (χ0v) is 11.2. The number of hydrazine groups is 1. The number of aromatic nitrogens is 1. The van der Waals surface area contributed by atoms with Gasteiger partial charge in [0.15, 0.2) is 0 Å². The zero-order chi connectivity index (χ0) is 15.6. The maximum Gasteiger partial charge on any atom is 0.419 e. The van der Waals surface area contributed by atoms with Gasteiger partial charge in [-0.2, -0.15) is 13.2 Å². The molecule has 21 heavy (non-hydrogen) atoms. The lowest BCUT2D eigenvalue weighted by atomic mass is 9.98. The molecule has 0 spiro atoms. The number of hydrogen-bond acceptors (Lipinski definition) is 3. The minimum absolute atomic E-state index is 0.138. The summed E-state index contributed by atoms with van der Waals surface area (Å²) >= 11 is 5.95. The second kappa shape index (κ2) is 5.97. The summed E-state index contributed by atoms with van der Waals surface area (Å²) in [6.07, 6.45) is -2.02. The Kier molecular flexibility index (Phi) is 4.46. The van der Waals surface area contributed by atoms with E-state index in [0.29, 0.717) is 11.6 Å². The molecule has 3 nitrogen and oxygen atoms in total. The number of alkyl halides is 3. The normalized spacial score (nSPS) is 13.2. The first-order chi connectivity index (χ1) is 9.84. The Morgan fingerprint density at radius 1 is 1.24 bits per heavy atom. The van der Waals surface area contributed by atoms with Crippen molar-refractivity contribution in [1.29, 1.82) is 0 Å². The second-order valence-corrected chi connectivity index (χ2v) is 4.64. The fourth-order valence-electron chi connectivity index (χ4n) is 1.93. The molecular formula is C13H10ClF4N3. The summed E-state index contributed by atoms with van der Waals surface area (Å²) in [7, 11) is 0. The van der Waals surface area contributed by atoms with Crippen molar-refractivity contribution in [3.63, 3.8) is 0 Å². The Balaban J connectivity index is 2.52. The van der Waals surface area contributed by atoms with Crippen LogP contribution in [0.5, 0.6) is 0 Å². The SMILES string of the molecule is NNC(c1ccc(F)c(C(F)(F)F)c1)c1ccncc1Cl. The first kappa shape index (κ1) is 15.7. The molecule has 112 valence electrons. The number of nitrogens with zero attached hydrogens (tertiary/aromatic N) is 1. The van der Waals surface area contributed by atoms with E-state index in [2.05, 4.69) is 10.4 Å². The van der Waals surface area contributed by atoms with E-state index in [1.807, 2.05) is 0 Å². The summed E-state index contributed by atoms with van der Waals surface area (Å²) in [5.41, 5.74) is 1.59. The van der Waals surface area contributed by atoms with E-state index in [-0.39, 0.29) is 10.6 Å². The molecule has 0 fully saturated rings. The average molecular weight is 320 g/mol. The van der Waals surface area contributed by atoms with Gasteiger partial charge in [-0.1, -0.05) is 17.7 Å². The highest BCUT2D eigenvalue weighted by atomic mass is 35.5. The van der Waals surface area contributed by atoms with Crippen LogP contribution in [0.4, 0.5) is 17.6 Å². The van der Waals surface area contributed by atoms with E-state index in [1.165, 1.54) is 24.5 Å². The Hall–Kier alpha value is -1.70. The molecule has 0 aliphatic heterocycles. The predicted molar refractivity (Wildman–Crippen MR) is 69.8 cm³/mol. The Morgan fingerprint density at radius 2 is 1.95 bits per heavy atom. The first-order valence-electron chi connectivity index (χ1n) is 5.76. The van der Waals surface area contributed by atoms with Gasteiger partial charge in [-0.05, 0) is 29.3 Å². The van der Waals surface area contributed by atoms with Gasteiger partial charge in [0.05, 0.1) is 16.6 Å². The smallest absolute Gasteiger partial charge is 0.271 e. The highest BCUT2D eigenvalue weighted by Gasteiger charge is 2.34. The van der Waals surface area contributed by atoms with Crippen LogP contribution in [0.1, 0.15) is 22.7 Å². The molecule has 0 amide bonds. The summed E-state index contributed by atoms with van der Waals surface area (Å²) in [4.78, 5) is 3.79. The van der Waals surface area contributed by atoms with Crippen molar-refractivity contribution < 1.29 is 17.6 Å². The van der Waals surface area contributed by atoms with Crippen molar-refractivity contribution in [3.05, 3.63) is 64.2 Å². The summed E-state index contributed by atoms with van der Waals surface area (Å²) in [6, 6.07) is 3.37. The minimum atomic E-state index is -4.79. The average Bonchev–Trinajstić information content (AvgIpc) is 2.42. The van der Waals surface area contributed by atoms with Gasteiger partial charge >= 0.3 is 6.18 Å². The number of pyridine rings is 1. The van der Waals surface area contributed by atoms with Crippen molar-refractivity contribution in [2.45, 2.75) is 12.2 Å². The molecule has 0 aliphatic rings. The number of nitrogens with two attached hydrogens (primary N) is 1. The Morgan fingerprint density at radius 3 is 2.52 bits per heavy atom. The van der Waals surface area contributed by atoms with Crippen LogP contribution < -0.4 is 11.3 Å². The summed E-state index contributed by atoms with van der Waals surface area (Å²) in [5.74, 6) is 4.05. The zero-order valence-electron chi connectivity index (χ0n) is 10.5. The van der Waals surface area contributed by atoms with E-state index in [0.717, 1.165) is 6.07 Å². The molecule has 0 saturated heterocycles. The summed E-state index contributed by atoms with van der Waals surface area (Å²) in [5, 5.41) is 0.235. The molecule has 3 N–H and O–H groups in total. The van der Waals surface area contributed by atoms with Crippen LogP contribution in [-0.2, 0) is 6.18 Å². The molecule has 1 atom stereocenters. The number of rotatable bonds is 3.